The van der Waals surface area contributed by atoms with Gasteiger partial charge in [-0.1, -0.05) is 39.0 Å². The van der Waals surface area contributed by atoms with E-state index in [0.717, 1.165) is 12.0 Å². The predicted octanol–water partition coefficient (Wildman–Crippen LogP) is 2.94. The molecule has 174 valence electrons. The Morgan fingerprint density at radius 3 is 2.42 bits per heavy atom. The standard InChI is InChI=1S/C24H27N3O5S/c1-4-24(2,3)15-8-10-16(11-9-15)33(31,32)26-19-7-5-6-17-18(19)14-27(23(17)30)20-12-13-21(28)25-22(20)29/h5-11,20,26H,4,12-14H2,1-3H3,(H,25,28,29). The fraction of sp³-hybridized carbons (Fsp3) is 0.375. The quantitative estimate of drug-likeness (QED) is 0.632. The summed E-state index contributed by atoms with van der Waals surface area (Å²) in [6.07, 6.45) is 1.32. The highest BCUT2D eigenvalue weighted by Crippen LogP contribution is 2.34. The summed E-state index contributed by atoms with van der Waals surface area (Å²) in [6, 6.07) is 10.9. The number of nitrogens with zero attached hydrogens (tertiary/aromatic N) is 1. The van der Waals surface area contributed by atoms with Gasteiger partial charge in [0.25, 0.3) is 15.9 Å². The number of fused-ring (bicyclic) bond motifs is 1. The zero-order chi connectivity index (χ0) is 24.0. The van der Waals surface area contributed by atoms with Gasteiger partial charge in [0, 0.05) is 24.1 Å². The maximum absolute atomic E-state index is 13.1. The number of nitrogens with one attached hydrogen (secondary N) is 2. The van der Waals surface area contributed by atoms with Crippen LogP contribution in [-0.4, -0.2) is 37.1 Å². The molecule has 2 aliphatic heterocycles. The minimum Gasteiger partial charge on any atom is -0.322 e. The number of hydrogen-bond acceptors (Lipinski definition) is 5. The van der Waals surface area contributed by atoms with Crippen molar-refractivity contribution in [3.05, 3.63) is 59.2 Å². The van der Waals surface area contributed by atoms with Gasteiger partial charge in [-0.15, -0.1) is 0 Å². The molecule has 8 nitrogen and oxygen atoms in total. The Bertz CT molecular complexity index is 1240. The number of rotatable bonds is 6. The maximum atomic E-state index is 13.1. The van der Waals surface area contributed by atoms with Gasteiger partial charge in [0.05, 0.1) is 10.6 Å². The van der Waals surface area contributed by atoms with Crippen molar-refractivity contribution >= 4 is 33.4 Å². The van der Waals surface area contributed by atoms with Crippen LogP contribution >= 0.6 is 0 Å². The summed E-state index contributed by atoms with van der Waals surface area (Å²) >= 11 is 0. The number of sulfonamides is 1. The molecule has 0 radical (unpaired) electrons. The number of carbonyl (C=O) groups is 3. The van der Waals surface area contributed by atoms with E-state index in [1.165, 1.54) is 4.90 Å². The van der Waals surface area contributed by atoms with Crippen LogP contribution < -0.4 is 10.0 Å². The molecule has 2 aromatic carbocycles. The van der Waals surface area contributed by atoms with Crippen molar-refractivity contribution in [1.29, 1.82) is 0 Å². The van der Waals surface area contributed by atoms with Gasteiger partial charge in [0.1, 0.15) is 6.04 Å². The van der Waals surface area contributed by atoms with Gasteiger partial charge in [0.2, 0.25) is 11.8 Å². The molecule has 0 aromatic heterocycles. The van der Waals surface area contributed by atoms with E-state index >= 15 is 0 Å². The van der Waals surface area contributed by atoms with Crippen LogP contribution in [0.2, 0.25) is 0 Å². The SMILES string of the molecule is CCC(C)(C)c1ccc(S(=O)(=O)Nc2cccc3c2CN(C2CCC(=O)NC2=O)C3=O)cc1. The summed E-state index contributed by atoms with van der Waals surface area (Å²) in [7, 11) is -3.89. The van der Waals surface area contributed by atoms with Gasteiger partial charge >= 0.3 is 0 Å². The summed E-state index contributed by atoms with van der Waals surface area (Å²) in [6.45, 7) is 6.38. The molecule has 4 rings (SSSR count). The topological polar surface area (TPSA) is 113 Å². The second-order valence-electron chi connectivity index (χ2n) is 9.10. The minimum absolute atomic E-state index is 0.0597. The molecule has 0 aliphatic carbocycles. The molecule has 1 fully saturated rings. The second-order valence-corrected chi connectivity index (χ2v) is 10.8. The third kappa shape index (κ3) is 4.25. The van der Waals surface area contributed by atoms with Crippen LogP contribution in [0.15, 0.2) is 47.4 Å². The summed E-state index contributed by atoms with van der Waals surface area (Å²) in [4.78, 5) is 38.2. The van der Waals surface area contributed by atoms with Gasteiger partial charge in [-0.25, -0.2) is 8.42 Å². The molecule has 2 aromatic rings. The van der Waals surface area contributed by atoms with Crippen LogP contribution in [0.5, 0.6) is 0 Å². The molecule has 2 heterocycles. The minimum atomic E-state index is -3.89. The maximum Gasteiger partial charge on any atom is 0.261 e. The Morgan fingerprint density at radius 2 is 1.79 bits per heavy atom. The van der Waals surface area contributed by atoms with Crippen LogP contribution in [-0.2, 0) is 31.6 Å². The summed E-state index contributed by atoms with van der Waals surface area (Å²) in [5.74, 6) is -1.22. The van der Waals surface area contributed by atoms with Gasteiger partial charge < -0.3 is 4.90 Å². The van der Waals surface area contributed by atoms with Gasteiger partial charge in [-0.05, 0) is 48.1 Å². The van der Waals surface area contributed by atoms with E-state index in [9.17, 15) is 22.8 Å². The number of anilines is 1. The van der Waals surface area contributed by atoms with Crippen LogP contribution in [0.1, 0.15) is 61.5 Å². The number of carbonyl (C=O) groups excluding carboxylic acids is 3. The number of piperidine rings is 1. The highest BCUT2D eigenvalue weighted by Gasteiger charge is 2.40. The lowest BCUT2D eigenvalue weighted by molar-refractivity contribution is -0.136. The highest BCUT2D eigenvalue weighted by molar-refractivity contribution is 7.92. The average molecular weight is 470 g/mol. The first-order valence-corrected chi connectivity index (χ1v) is 12.4. The molecule has 1 saturated heterocycles. The lowest BCUT2D eigenvalue weighted by Gasteiger charge is -2.29. The molecule has 2 aliphatic rings. The molecule has 0 saturated carbocycles. The fourth-order valence-corrected chi connectivity index (χ4v) is 5.27. The van der Waals surface area contributed by atoms with Crippen molar-refractivity contribution in [1.82, 2.24) is 10.2 Å². The first-order valence-electron chi connectivity index (χ1n) is 10.9. The van der Waals surface area contributed by atoms with Gasteiger partial charge in [0.15, 0.2) is 0 Å². The fourth-order valence-electron chi connectivity index (χ4n) is 4.17. The van der Waals surface area contributed by atoms with Crippen molar-refractivity contribution in [2.75, 3.05) is 4.72 Å². The predicted molar refractivity (Wildman–Crippen MR) is 123 cm³/mol. The summed E-state index contributed by atoms with van der Waals surface area (Å²) in [5.41, 5.74) is 2.15. The molecular formula is C24H27N3O5S. The molecule has 1 unspecified atom stereocenters. The van der Waals surface area contributed by atoms with Gasteiger partial charge in [-0.2, -0.15) is 0 Å². The Labute approximate surface area is 193 Å². The molecule has 3 amide bonds. The Morgan fingerprint density at radius 1 is 1.09 bits per heavy atom. The summed E-state index contributed by atoms with van der Waals surface area (Å²) < 4.78 is 28.8. The van der Waals surface area contributed by atoms with Crippen LogP contribution in [0.4, 0.5) is 5.69 Å². The largest absolute Gasteiger partial charge is 0.322 e. The number of amides is 3. The van der Waals surface area contributed by atoms with Crippen LogP contribution in [0, 0.1) is 0 Å². The lowest BCUT2D eigenvalue weighted by Crippen LogP contribution is -2.52. The van der Waals surface area contributed by atoms with E-state index in [0.29, 0.717) is 16.8 Å². The third-order valence-electron chi connectivity index (χ3n) is 6.66. The van der Waals surface area contributed by atoms with Crippen molar-refractivity contribution in [2.24, 2.45) is 0 Å². The first-order chi connectivity index (χ1) is 15.5. The van der Waals surface area contributed by atoms with E-state index in [-0.39, 0.29) is 41.5 Å². The normalized spacial score (nSPS) is 18.8. The van der Waals surface area contributed by atoms with E-state index < -0.39 is 22.0 Å². The van der Waals surface area contributed by atoms with E-state index in [1.807, 2.05) is 12.1 Å². The second kappa shape index (κ2) is 8.30. The van der Waals surface area contributed by atoms with E-state index in [1.54, 1.807) is 30.3 Å². The van der Waals surface area contributed by atoms with Crippen molar-refractivity contribution in [2.45, 2.75) is 62.9 Å². The van der Waals surface area contributed by atoms with Crippen molar-refractivity contribution in [3.63, 3.8) is 0 Å². The van der Waals surface area contributed by atoms with E-state index in [4.69, 9.17) is 0 Å². The first kappa shape index (κ1) is 23.0. The Hall–Kier alpha value is -3.20. The number of imide groups is 1. The van der Waals surface area contributed by atoms with E-state index in [2.05, 4.69) is 30.8 Å². The molecule has 0 spiro atoms. The molecule has 1 atom stereocenters. The molecule has 9 heteroatoms. The Balaban J connectivity index is 1.59. The van der Waals surface area contributed by atoms with Gasteiger partial charge in [-0.3, -0.25) is 24.4 Å². The zero-order valence-corrected chi connectivity index (χ0v) is 19.7. The molecule has 0 bridgehead atoms. The number of hydrogen-bond donors (Lipinski definition) is 2. The monoisotopic (exact) mass is 469 g/mol. The average Bonchev–Trinajstić information content (AvgIpc) is 3.11. The highest BCUT2D eigenvalue weighted by atomic mass is 32.2. The van der Waals surface area contributed by atoms with Crippen molar-refractivity contribution < 1.29 is 22.8 Å². The molecular weight excluding hydrogens is 442 g/mol. The van der Waals surface area contributed by atoms with Crippen LogP contribution in [0.25, 0.3) is 0 Å². The number of benzene rings is 2. The Kier molecular flexibility index (Phi) is 5.78. The molecule has 2 N–H and O–H groups in total. The lowest BCUT2D eigenvalue weighted by atomic mass is 9.82. The zero-order valence-electron chi connectivity index (χ0n) is 18.8. The van der Waals surface area contributed by atoms with Crippen molar-refractivity contribution in [3.8, 4) is 0 Å². The van der Waals surface area contributed by atoms with Crippen LogP contribution in [0.3, 0.4) is 0 Å². The summed E-state index contributed by atoms with van der Waals surface area (Å²) in [5, 5.41) is 2.26. The molecule has 33 heavy (non-hydrogen) atoms. The third-order valence-corrected chi connectivity index (χ3v) is 8.04. The smallest absolute Gasteiger partial charge is 0.261 e.